The van der Waals surface area contributed by atoms with Gasteiger partial charge in [0.1, 0.15) is 11.8 Å². The maximum Gasteiger partial charge on any atom is 0.271 e. The molecule has 0 unspecified atom stereocenters. The van der Waals surface area contributed by atoms with Crippen molar-refractivity contribution in [3.05, 3.63) is 63.7 Å². The Labute approximate surface area is 182 Å². The predicted octanol–water partition coefficient (Wildman–Crippen LogP) is 3.33. The van der Waals surface area contributed by atoms with E-state index >= 15 is 0 Å². The smallest absolute Gasteiger partial charge is 0.271 e. The summed E-state index contributed by atoms with van der Waals surface area (Å²) in [5.74, 6) is 0.212. The van der Waals surface area contributed by atoms with Crippen molar-refractivity contribution in [1.29, 1.82) is 0 Å². The van der Waals surface area contributed by atoms with Gasteiger partial charge in [-0.05, 0) is 43.5 Å². The molecule has 0 heterocycles. The number of sulfonamides is 1. The van der Waals surface area contributed by atoms with Gasteiger partial charge in [-0.15, -0.1) is 0 Å². The Morgan fingerprint density at radius 2 is 1.94 bits per heavy atom. The number of aryl methyl sites for hydroxylation is 1. The number of nitro benzene ring substituents is 1. The topological polar surface area (TPSA) is 119 Å². The molecule has 0 radical (unpaired) electrons. The zero-order chi connectivity index (χ0) is 23.3. The molecule has 0 aliphatic carbocycles. The van der Waals surface area contributed by atoms with Crippen molar-refractivity contribution in [3.63, 3.8) is 0 Å². The van der Waals surface area contributed by atoms with Crippen LogP contribution in [0.4, 0.5) is 11.4 Å². The average molecular weight is 450 g/mol. The molecule has 2 rings (SSSR count). The molecule has 31 heavy (non-hydrogen) atoms. The van der Waals surface area contributed by atoms with Gasteiger partial charge in [-0.1, -0.05) is 25.1 Å². The Morgan fingerprint density at radius 1 is 1.26 bits per heavy atom. The molecule has 0 aromatic heterocycles. The monoisotopic (exact) mass is 449 g/mol. The largest absolute Gasteiger partial charge is 0.496 e. The van der Waals surface area contributed by atoms with Gasteiger partial charge in [-0.2, -0.15) is 0 Å². The number of nitrogens with one attached hydrogen (secondary N) is 1. The van der Waals surface area contributed by atoms with Crippen LogP contribution in [0.3, 0.4) is 0 Å². The Hall–Kier alpha value is -3.14. The highest BCUT2D eigenvalue weighted by atomic mass is 32.2. The van der Waals surface area contributed by atoms with Crippen molar-refractivity contribution in [2.45, 2.75) is 39.3 Å². The average Bonchev–Trinajstić information content (AvgIpc) is 2.70. The molecule has 0 bridgehead atoms. The van der Waals surface area contributed by atoms with E-state index in [9.17, 15) is 23.3 Å². The van der Waals surface area contributed by atoms with E-state index in [-0.39, 0.29) is 17.4 Å². The van der Waals surface area contributed by atoms with E-state index in [0.29, 0.717) is 6.42 Å². The van der Waals surface area contributed by atoms with E-state index in [2.05, 4.69) is 5.32 Å². The van der Waals surface area contributed by atoms with Crippen LogP contribution < -0.4 is 14.4 Å². The Balaban J connectivity index is 2.33. The number of hydrogen-bond acceptors (Lipinski definition) is 6. The first-order chi connectivity index (χ1) is 14.5. The van der Waals surface area contributed by atoms with Crippen LogP contribution in [0.5, 0.6) is 5.75 Å². The molecule has 0 aliphatic heterocycles. The van der Waals surface area contributed by atoms with E-state index in [1.54, 1.807) is 7.11 Å². The number of nitrogens with zero attached hydrogens (tertiary/aromatic N) is 2. The number of rotatable bonds is 9. The summed E-state index contributed by atoms with van der Waals surface area (Å²) in [4.78, 5) is 23.5. The van der Waals surface area contributed by atoms with Crippen LogP contribution in [-0.2, 0) is 14.8 Å². The molecule has 0 aliphatic rings. The highest BCUT2D eigenvalue weighted by Crippen LogP contribution is 2.27. The molecule has 0 saturated carbocycles. The number of non-ortho nitro benzene ring substituents is 1. The van der Waals surface area contributed by atoms with Crippen molar-refractivity contribution < 1.29 is 22.9 Å². The van der Waals surface area contributed by atoms with Crippen molar-refractivity contribution in [2.24, 2.45) is 0 Å². The zero-order valence-electron chi connectivity index (χ0n) is 18.2. The first kappa shape index (κ1) is 24.1. The molecule has 1 amide bonds. The van der Waals surface area contributed by atoms with Gasteiger partial charge in [0, 0.05) is 12.1 Å². The molecule has 2 atom stereocenters. The van der Waals surface area contributed by atoms with E-state index < -0.39 is 26.9 Å². The molecule has 10 heteroatoms. The maximum absolute atomic E-state index is 13.0. The minimum atomic E-state index is -3.89. The van der Waals surface area contributed by atoms with Gasteiger partial charge in [0.25, 0.3) is 5.69 Å². The van der Waals surface area contributed by atoms with Gasteiger partial charge in [-0.25, -0.2) is 8.42 Å². The van der Waals surface area contributed by atoms with E-state index in [1.165, 1.54) is 25.1 Å². The number of benzene rings is 2. The van der Waals surface area contributed by atoms with Gasteiger partial charge < -0.3 is 10.1 Å². The first-order valence-corrected chi connectivity index (χ1v) is 11.5. The van der Waals surface area contributed by atoms with Crippen LogP contribution in [-0.4, -0.2) is 38.7 Å². The number of carbonyl (C=O) groups excluding carboxylic acids is 1. The third kappa shape index (κ3) is 5.72. The Morgan fingerprint density at radius 3 is 2.45 bits per heavy atom. The molecule has 2 aromatic rings. The second kappa shape index (κ2) is 9.78. The van der Waals surface area contributed by atoms with Crippen LogP contribution in [0.25, 0.3) is 0 Å². The summed E-state index contributed by atoms with van der Waals surface area (Å²) in [6.07, 6.45) is 1.54. The molecular weight excluding hydrogens is 422 g/mol. The number of anilines is 1. The molecule has 0 saturated heterocycles. The van der Waals surface area contributed by atoms with Crippen LogP contribution in [0.2, 0.25) is 0 Å². The Bertz CT molecular complexity index is 1070. The van der Waals surface area contributed by atoms with E-state index in [0.717, 1.165) is 33.5 Å². The fourth-order valence-electron chi connectivity index (χ4n) is 3.38. The van der Waals surface area contributed by atoms with Crippen molar-refractivity contribution in [1.82, 2.24) is 5.32 Å². The van der Waals surface area contributed by atoms with Crippen molar-refractivity contribution in [3.8, 4) is 5.75 Å². The van der Waals surface area contributed by atoms with Gasteiger partial charge >= 0.3 is 0 Å². The molecule has 0 fully saturated rings. The summed E-state index contributed by atoms with van der Waals surface area (Å²) in [6, 6.07) is 9.30. The maximum atomic E-state index is 13.0. The SMILES string of the molecule is CC[C@H](NC(=O)[C@@H](C)N(c1cccc([N+](=O)[O-])c1)S(C)(=O)=O)c1ccc(OC)c(C)c1. The summed E-state index contributed by atoms with van der Waals surface area (Å²) in [6.45, 7) is 5.25. The van der Waals surface area contributed by atoms with Gasteiger partial charge in [0.2, 0.25) is 15.9 Å². The fraction of sp³-hybridized carbons (Fsp3) is 0.381. The lowest BCUT2D eigenvalue weighted by atomic mass is 10.0. The van der Waals surface area contributed by atoms with E-state index in [1.807, 2.05) is 32.0 Å². The molecule has 9 nitrogen and oxygen atoms in total. The second-order valence-corrected chi connectivity index (χ2v) is 9.07. The normalized spacial score (nSPS) is 13.2. The van der Waals surface area contributed by atoms with E-state index in [4.69, 9.17) is 4.74 Å². The summed E-state index contributed by atoms with van der Waals surface area (Å²) in [7, 11) is -2.31. The summed E-state index contributed by atoms with van der Waals surface area (Å²) < 4.78 is 31.1. The number of hydrogen-bond donors (Lipinski definition) is 1. The van der Waals surface area contributed by atoms with Gasteiger partial charge in [0.05, 0.1) is 30.0 Å². The number of ether oxygens (including phenoxy) is 1. The fourth-order valence-corrected chi connectivity index (χ4v) is 4.55. The summed E-state index contributed by atoms with van der Waals surface area (Å²) in [5, 5.41) is 14.0. The lowest BCUT2D eigenvalue weighted by molar-refractivity contribution is -0.384. The molecular formula is C21H27N3O6S. The second-order valence-electron chi connectivity index (χ2n) is 7.21. The van der Waals surface area contributed by atoms with Crippen LogP contribution >= 0.6 is 0 Å². The standard InChI is InChI=1S/C21H27N3O6S/c1-6-19(16-10-11-20(30-4)14(2)12-16)22-21(25)15(3)23(31(5,28)29)17-8-7-9-18(13-17)24(26)27/h7-13,15,19H,6H2,1-5H3,(H,22,25)/t15-,19+/m1/s1. The highest BCUT2D eigenvalue weighted by Gasteiger charge is 2.31. The van der Waals surface area contributed by atoms with Crippen molar-refractivity contribution in [2.75, 3.05) is 17.7 Å². The van der Waals surface area contributed by atoms with Crippen LogP contribution in [0.15, 0.2) is 42.5 Å². The van der Waals surface area contributed by atoms with Gasteiger partial charge in [-0.3, -0.25) is 19.2 Å². The zero-order valence-corrected chi connectivity index (χ0v) is 19.0. The molecule has 0 spiro atoms. The molecule has 2 aromatic carbocycles. The van der Waals surface area contributed by atoms with Crippen LogP contribution in [0, 0.1) is 17.0 Å². The minimum Gasteiger partial charge on any atom is -0.496 e. The summed E-state index contributed by atoms with van der Waals surface area (Å²) in [5.41, 5.74) is 1.56. The third-order valence-electron chi connectivity index (χ3n) is 4.93. The lowest BCUT2D eigenvalue weighted by Gasteiger charge is -2.29. The predicted molar refractivity (Wildman–Crippen MR) is 119 cm³/mol. The highest BCUT2D eigenvalue weighted by molar-refractivity contribution is 7.92. The van der Waals surface area contributed by atoms with Crippen LogP contribution in [0.1, 0.15) is 37.4 Å². The molecule has 1 N–H and O–H groups in total. The minimum absolute atomic E-state index is 0.0488. The quantitative estimate of drug-likeness (QED) is 0.463. The lowest BCUT2D eigenvalue weighted by Crippen LogP contribution is -2.48. The van der Waals surface area contributed by atoms with Crippen molar-refractivity contribution >= 4 is 27.3 Å². The first-order valence-electron chi connectivity index (χ1n) is 9.68. The number of methoxy groups -OCH3 is 1. The molecule has 168 valence electrons. The number of amides is 1. The summed E-state index contributed by atoms with van der Waals surface area (Å²) >= 11 is 0. The van der Waals surface area contributed by atoms with Gasteiger partial charge in [0.15, 0.2) is 0 Å². The number of carbonyl (C=O) groups is 1. The third-order valence-corrected chi connectivity index (χ3v) is 6.17. The Kier molecular flexibility index (Phi) is 7.61. The number of nitro groups is 1.